The quantitative estimate of drug-likeness (QED) is 0.857. The second kappa shape index (κ2) is 6.88. The summed E-state index contributed by atoms with van der Waals surface area (Å²) in [6.07, 6.45) is 1.99. The lowest BCUT2D eigenvalue weighted by atomic mass is 9.88. The second-order valence-corrected chi connectivity index (χ2v) is 5.63. The Hall–Kier alpha value is -1.36. The smallest absolute Gasteiger partial charge is 0.269 e. The third-order valence-electron chi connectivity index (χ3n) is 4.21. The standard InChI is InChI=1S/C15H26N4O/c1-4-13-8-14(19(5-2)18-13)15(20)17-10-12-6-7-16-9-11(12)3/h8,11-12,16H,4-7,9-10H2,1-3H3,(H,17,20). The number of nitrogens with one attached hydrogen (secondary N) is 2. The molecule has 1 fully saturated rings. The Bertz CT molecular complexity index is 455. The van der Waals surface area contributed by atoms with Crippen LogP contribution in [0.3, 0.4) is 0 Å². The predicted octanol–water partition coefficient (Wildman–Crippen LogP) is 1.44. The molecule has 5 heteroatoms. The first kappa shape index (κ1) is 15.0. The van der Waals surface area contributed by atoms with E-state index in [4.69, 9.17) is 0 Å². The van der Waals surface area contributed by atoms with Crippen LogP contribution in [0.25, 0.3) is 0 Å². The summed E-state index contributed by atoms with van der Waals surface area (Å²) in [5.41, 5.74) is 1.66. The van der Waals surface area contributed by atoms with Gasteiger partial charge in [0.1, 0.15) is 5.69 Å². The molecule has 1 amide bonds. The highest BCUT2D eigenvalue weighted by molar-refractivity contribution is 5.92. The van der Waals surface area contributed by atoms with Crippen LogP contribution in [-0.4, -0.2) is 35.3 Å². The normalized spacial score (nSPS) is 22.8. The Balaban J connectivity index is 1.95. The predicted molar refractivity (Wildman–Crippen MR) is 79.8 cm³/mol. The van der Waals surface area contributed by atoms with Crippen LogP contribution in [0.1, 0.15) is 43.4 Å². The minimum Gasteiger partial charge on any atom is -0.350 e. The van der Waals surface area contributed by atoms with Crippen molar-refractivity contribution in [2.45, 2.75) is 40.2 Å². The van der Waals surface area contributed by atoms with Crippen LogP contribution in [0.2, 0.25) is 0 Å². The van der Waals surface area contributed by atoms with E-state index in [1.165, 1.54) is 0 Å². The van der Waals surface area contributed by atoms with Crippen molar-refractivity contribution in [1.29, 1.82) is 0 Å². The van der Waals surface area contributed by atoms with Crippen molar-refractivity contribution in [2.75, 3.05) is 19.6 Å². The van der Waals surface area contributed by atoms with Gasteiger partial charge >= 0.3 is 0 Å². The van der Waals surface area contributed by atoms with Crippen LogP contribution < -0.4 is 10.6 Å². The minimum absolute atomic E-state index is 0.00443. The van der Waals surface area contributed by atoms with E-state index < -0.39 is 0 Å². The molecule has 1 aliphatic rings. The Morgan fingerprint density at radius 1 is 1.55 bits per heavy atom. The summed E-state index contributed by atoms with van der Waals surface area (Å²) in [7, 11) is 0. The molecule has 0 aromatic carbocycles. The maximum absolute atomic E-state index is 12.3. The first-order valence-electron chi connectivity index (χ1n) is 7.71. The molecule has 2 heterocycles. The van der Waals surface area contributed by atoms with E-state index in [2.05, 4.69) is 29.6 Å². The molecule has 20 heavy (non-hydrogen) atoms. The van der Waals surface area contributed by atoms with Crippen LogP contribution in [0.4, 0.5) is 0 Å². The molecule has 1 saturated heterocycles. The van der Waals surface area contributed by atoms with Gasteiger partial charge in [-0.05, 0) is 50.8 Å². The summed E-state index contributed by atoms with van der Waals surface area (Å²) in [6.45, 7) is 9.91. The number of carbonyl (C=O) groups excluding carboxylic acids is 1. The molecular weight excluding hydrogens is 252 g/mol. The fourth-order valence-electron chi connectivity index (χ4n) is 2.75. The van der Waals surface area contributed by atoms with E-state index in [0.29, 0.717) is 17.5 Å². The maximum Gasteiger partial charge on any atom is 0.269 e. The summed E-state index contributed by atoms with van der Waals surface area (Å²) < 4.78 is 1.79. The first-order chi connectivity index (χ1) is 9.65. The third kappa shape index (κ3) is 3.39. The number of piperidine rings is 1. The molecule has 2 unspecified atom stereocenters. The van der Waals surface area contributed by atoms with E-state index >= 15 is 0 Å². The fraction of sp³-hybridized carbons (Fsp3) is 0.733. The second-order valence-electron chi connectivity index (χ2n) is 5.63. The van der Waals surface area contributed by atoms with Crippen molar-refractivity contribution in [2.24, 2.45) is 11.8 Å². The van der Waals surface area contributed by atoms with Gasteiger partial charge in [-0.3, -0.25) is 9.48 Å². The average Bonchev–Trinajstić information content (AvgIpc) is 2.89. The molecular formula is C15H26N4O. The van der Waals surface area contributed by atoms with Crippen molar-refractivity contribution in [3.63, 3.8) is 0 Å². The first-order valence-corrected chi connectivity index (χ1v) is 7.71. The molecule has 2 rings (SSSR count). The molecule has 1 aromatic heterocycles. The summed E-state index contributed by atoms with van der Waals surface area (Å²) >= 11 is 0. The highest BCUT2D eigenvalue weighted by atomic mass is 16.2. The SMILES string of the molecule is CCc1cc(C(=O)NCC2CCNCC2C)n(CC)n1. The number of hydrogen-bond acceptors (Lipinski definition) is 3. The van der Waals surface area contributed by atoms with Crippen molar-refractivity contribution in [3.8, 4) is 0 Å². The zero-order valence-electron chi connectivity index (χ0n) is 12.8. The number of amides is 1. The van der Waals surface area contributed by atoms with E-state index in [0.717, 1.165) is 44.7 Å². The molecule has 112 valence electrons. The van der Waals surface area contributed by atoms with Gasteiger partial charge in [-0.15, -0.1) is 0 Å². The highest BCUT2D eigenvalue weighted by Gasteiger charge is 2.22. The van der Waals surface area contributed by atoms with Gasteiger partial charge in [0.2, 0.25) is 0 Å². The molecule has 2 atom stereocenters. The van der Waals surface area contributed by atoms with Crippen molar-refractivity contribution < 1.29 is 4.79 Å². The van der Waals surface area contributed by atoms with Gasteiger partial charge in [-0.25, -0.2) is 0 Å². The Kier molecular flexibility index (Phi) is 5.17. The van der Waals surface area contributed by atoms with Gasteiger partial charge in [-0.2, -0.15) is 5.10 Å². The van der Waals surface area contributed by atoms with Gasteiger partial charge < -0.3 is 10.6 Å². The molecule has 1 aliphatic heterocycles. The van der Waals surface area contributed by atoms with Gasteiger partial charge in [0.05, 0.1) is 5.69 Å². The Morgan fingerprint density at radius 3 is 3.00 bits per heavy atom. The Morgan fingerprint density at radius 2 is 2.35 bits per heavy atom. The summed E-state index contributed by atoms with van der Waals surface area (Å²) in [4.78, 5) is 12.3. The number of rotatable bonds is 5. The molecule has 0 aliphatic carbocycles. The average molecular weight is 278 g/mol. The monoisotopic (exact) mass is 278 g/mol. The highest BCUT2D eigenvalue weighted by Crippen LogP contribution is 2.17. The van der Waals surface area contributed by atoms with Crippen molar-refractivity contribution >= 4 is 5.91 Å². The van der Waals surface area contributed by atoms with Crippen molar-refractivity contribution in [3.05, 3.63) is 17.5 Å². The van der Waals surface area contributed by atoms with Crippen LogP contribution in [0, 0.1) is 11.8 Å². The molecule has 0 saturated carbocycles. The largest absolute Gasteiger partial charge is 0.350 e. The van der Waals surface area contributed by atoms with E-state index in [1.807, 2.05) is 13.0 Å². The summed E-state index contributed by atoms with van der Waals surface area (Å²) in [6, 6.07) is 1.91. The topological polar surface area (TPSA) is 59.0 Å². The van der Waals surface area contributed by atoms with Crippen molar-refractivity contribution in [1.82, 2.24) is 20.4 Å². The number of nitrogens with zero attached hydrogens (tertiary/aromatic N) is 2. The number of aromatic nitrogens is 2. The van der Waals surface area contributed by atoms with E-state index in [1.54, 1.807) is 4.68 Å². The summed E-state index contributed by atoms with van der Waals surface area (Å²) in [5, 5.41) is 10.9. The van der Waals surface area contributed by atoms with Crippen LogP contribution in [-0.2, 0) is 13.0 Å². The molecule has 2 N–H and O–H groups in total. The van der Waals surface area contributed by atoms with Gasteiger partial charge in [0.15, 0.2) is 0 Å². The molecule has 0 bridgehead atoms. The molecule has 1 aromatic rings. The Labute approximate surface area is 121 Å². The number of aryl methyl sites for hydroxylation is 2. The lowest BCUT2D eigenvalue weighted by Crippen LogP contribution is -2.41. The van der Waals surface area contributed by atoms with Gasteiger partial charge in [0, 0.05) is 13.1 Å². The van der Waals surface area contributed by atoms with E-state index in [-0.39, 0.29) is 5.91 Å². The maximum atomic E-state index is 12.3. The van der Waals surface area contributed by atoms with Crippen LogP contribution in [0.5, 0.6) is 0 Å². The minimum atomic E-state index is 0.00443. The third-order valence-corrected chi connectivity index (χ3v) is 4.21. The zero-order valence-corrected chi connectivity index (χ0v) is 12.8. The van der Waals surface area contributed by atoms with E-state index in [9.17, 15) is 4.79 Å². The lowest BCUT2D eigenvalue weighted by molar-refractivity contribution is 0.0927. The summed E-state index contributed by atoms with van der Waals surface area (Å²) in [5.74, 6) is 1.19. The van der Waals surface area contributed by atoms with Crippen LogP contribution in [0.15, 0.2) is 6.07 Å². The number of hydrogen-bond donors (Lipinski definition) is 2. The number of carbonyl (C=O) groups is 1. The van der Waals surface area contributed by atoms with Crippen LogP contribution >= 0.6 is 0 Å². The molecule has 0 radical (unpaired) electrons. The fourth-order valence-corrected chi connectivity index (χ4v) is 2.75. The zero-order chi connectivity index (χ0) is 14.5. The van der Waals surface area contributed by atoms with Gasteiger partial charge in [0.25, 0.3) is 5.91 Å². The molecule has 5 nitrogen and oxygen atoms in total. The van der Waals surface area contributed by atoms with Gasteiger partial charge in [-0.1, -0.05) is 13.8 Å². The molecule has 0 spiro atoms. The lowest BCUT2D eigenvalue weighted by Gasteiger charge is -2.29.